The maximum absolute atomic E-state index is 12.3. The third kappa shape index (κ3) is 2.32. The minimum atomic E-state index is -0.161. The summed E-state index contributed by atoms with van der Waals surface area (Å²) in [4.78, 5) is 17.8. The third-order valence-electron chi connectivity index (χ3n) is 2.78. The highest BCUT2D eigenvalue weighted by Crippen LogP contribution is 2.19. The molecule has 0 saturated heterocycles. The van der Waals surface area contributed by atoms with Gasteiger partial charge in [-0.15, -0.1) is 0 Å². The van der Waals surface area contributed by atoms with E-state index < -0.39 is 0 Å². The van der Waals surface area contributed by atoms with Gasteiger partial charge >= 0.3 is 0 Å². The predicted octanol–water partition coefficient (Wildman–Crippen LogP) is 2.25. The molecular weight excluding hydrogens is 226 g/mol. The van der Waals surface area contributed by atoms with Gasteiger partial charge in [0.05, 0.1) is 5.56 Å². The first-order chi connectivity index (χ1) is 8.59. The average molecular weight is 241 g/mol. The van der Waals surface area contributed by atoms with Crippen molar-refractivity contribution in [1.82, 2.24) is 4.98 Å². The summed E-state index contributed by atoms with van der Waals surface area (Å²) >= 11 is 0. The van der Waals surface area contributed by atoms with Crippen molar-refractivity contribution in [2.24, 2.45) is 0 Å². The Bertz CT molecular complexity index is 581. The second-order valence-corrected chi connectivity index (χ2v) is 4.17. The van der Waals surface area contributed by atoms with Crippen molar-refractivity contribution in [2.45, 2.75) is 6.92 Å². The molecule has 2 rings (SSSR count). The number of nitrogen functional groups attached to an aromatic ring is 1. The van der Waals surface area contributed by atoms with E-state index in [1.54, 1.807) is 24.2 Å². The van der Waals surface area contributed by atoms with Crippen LogP contribution in [0.3, 0.4) is 0 Å². The van der Waals surface area contributed by atoms with Gasteiger partial charge in [-0.3, -0.25) is 9.78 Å². The molecule has 92 valence electrons. The normalized spacial score (nSPS) is 10.1. The lowest BCUT2D eigenvalue weighted by molar-refractivity contribution is 0.0993. The SMILES string of the molecule is Cc1cccc(N(C)C(=O)c2cnccc2N)c1. The Morgan fingerprint density at radius 3 is 2.78 bits per heavy atom. The fourth-order valence-corrected chi connectivity index (χ4v) is 1.72. The molecule has 0 aliphatic rings. The van der Waals surface area contributed by atoms with Gasteiger partial charge in [-0.25, -0.2) is 0 Å². The van der Waals surface area contributed by atoms with Gasteiger partial charge in [0.25, 0.3) is 5.91 Å². The van der Waals surface area contributed by atoms with Gasteiger partial charge in [0.2, 0.25) is 0 Å². The monoisotopic (exact) mass is 241 g/mol. The zero-order chi connectivity index (χ0) is 13.1. The lowest BCUT2D eigenvalue weighted by Crippen LogP contribution is -2.27. The van der Waals surface area contributed by atoms with Crippen LogP contribution in [0.1, 0.15) is 15.9 Å². The van der Waals surface area contributed by atoms with Crippen LogP contribution >= 0.6 is 0 Å². The maximum Gasteiger partial charge on any atom is 0.261 e. The Balaban J connectivity index is 2.32. The van der Waals surface area contributed by atoms with Crippen LogP contribution in [0.25, 0.3) is 0 Å². The molecular formula is C14H15N3O. The number of aromatic nitrogens is 1. The summed E-state index contributed by atoms with van der Waals surface area (Å²) in [5, 5.41) is 0. The maximum atomic E-state index is 12.3. The topological polar surface area (TPSA) is 59.2 Å². The first-order valence-electron chi connectivity index (χ1n) is 5.64. The smallest absolute Gasteiger partial charge is 0.261 e. The first-order valence-corrected chi connectivity index (χ1v) is 5.64. The lowest BCUT2D eigenvalue weighted by atomic mass is 10.1. The zero-order valence-electron chi connectivity index (χ0n) is 10.4. The van der Waals surface area contributed by atoms with Crippen molar-refractivity contribution in [1.29, 1.82) is 0 Å². The number of amides is 1. The molecule has 1 amide bonds. The van der Waals surface area contributed by atoms with Crippen LogP contribution in [0.15, 0.2) is 42.7 Å². The fraction of sp³-hybridized carbons (Fsp3) is 0.143. The molecule has 0 fully saturated rings. The minimum absolute atomic E-state index is 0.161. The second-order valence-electron chi connectivity index (χ2n) is 4.17. The number of anilines is 2. The molecule has 0 radical (unpaired) electrons. The van der Waals surface area contributed by atoms with E-state index in [-0.39, 0.29) is 5.91 Å². The first kappa shape index (κ1) is 12.1. The molecule has 0 bridgehead atoms. The van der Waals surface area contributed by atoms with Gasteiger partial charge < -0.3 is 10.6 Å². The summed E-state index contributed by atoms with van der Waals surface area (Å²) in [5.41, 5.74) is 8.58. The molecule has 4 nitrogen and oxygen atoms in total. The summed E-state index contributed by atoms with van der Waals surface area (Å²) in [6, 6.07) is 9.36. The number of pyridine rings is 1. The van der Waals surface area contributed by atoms with Crippen molar-refractivity contribution in [2.75, 3.05) is 17.7 Å². The zero-order valence-corrected chi connectivity index (χ0v) is 10.4. The van der Waals surface area contributed by atoms with E-state index in [0.29, 0.717) is 11.3 Å². The van der Waals surface area contributed by atoms with Gasteiger partial charge in [0.15, 0.2) is 0 Å². The number of benzene rings is 1. The van der Waals surface area contributed by atoms with Gasteiger partial charge in [-0.2, -0.15) is 0 Å². The molecule has 2 N–H and O–H groups in total. The average Bonchev–Trinajstić information content (AvgIpc) is 2.37. The summed E-state index contributed by atoms with van der Waals surface area (Å²) in [6.07, 6.45) is 3.06. The summed E-state index contributed by atoms with van der Waals surface area (Å²) in [6.45, 7) is 1.99. The molecule has 18 heavy (non-hydrogen) atoms. The van der Waals surface area contributed by atoms with Crippen molar-refractivity contribution in [3.63, 3.8) is 0 Å². The van der Waals surface area contributed by atoms with Crippen molar-refractivity contribution >= 4 is 17.3 Å². The molecule has 1 aromatic heterocycles. The molecule has 0 aliphatic heterocycles. The van der Waals surface area contributed by atoms with Crippen LogP contribution in [0.5, 0.6) is 0 Å². The number of nitrogens with zero attached hydrogens (tertiary/aromatic N) is 2. The quantitative estimate of drug-likeness (QED) is 0.877. The van der Waals surface area contributed by atoms with Gasteiger partial charge in [0, 0.05) is 30.8 Å². The van der Waals surface area contributed by atoms with Crippen LogP contribution in [0.4, 0.5) is 11.4 Å². The Morgan fingerprint density at radius 2 is 2.11 bits per heavy atom. The molecule has 0 atom stereocenters. The Morgan fingerprint density at radius 1 is 1.33 bits per heavy atom. The van der Waals surface area contributed by atoms with Crippen LogP contribution in [0, 0.1) is 6.92 Å². The van der Waals surface area contributed by atoms with E-state index in [1.807, 2.05) is 31.2 Å². The number of hydrogen-bond donors (Lipinski definition) is 1. The van der Waals surface area contributed by atoms with Crippen LogP contribution in [-0.2, 0) is 0 Å². The van der Waals surface area contributed by atoms with E-state index >= 15 is 0 Å². The number of nitrogens with two attached hydrogens (primary N) is 1. The number of hydrogen-bond acceptors (Lipinski definition) is 3. The number of carbonyl (C=O) groups excluding carboxylic acids is 1. The molecule has 2 aromatic rings. The summed E-state index contributed by atoms with van der Waals surface area (Å²) < 4.78 is 0. The molecule has 0 spiro atoms. The molecule has 0 unspecified atom stereocenters. The highest BCUT2D eigenvalue weighted by molar-refractivity contribution is 6.08. The van der Waals surface area contributed by atoms with E-state index in [9.17, 15) is 4.79 Å². The Labute approximate surface area is 106 Å². The van der Waals surface area contributed by atoms with Gasteiger partial charge in [-0.05, 0) is 30.7 Å². The molecule has 1 heterocycles. The molecule has 0 saturated carbocycles. The largest absolute Gasteiger partial charge is 0.398 e. The summed E-state index contributed by atoms with van der Waals surface area (Å²) in [5.74, 6) is -0.161. The van der Waals surface area contributed by atoms with E-state index in [2.05, 4.69) is 4.98 Å². The highest BCUT2D eigenvalue weighted by atomic mass is 16.2. The highest BCUT2D eigenvalue weighted by Gasteiger charge is 2.16. The fourth-order valence-electron chi connectivity index (χ4n) is 1.72. The number of carbonyl (C=O) groups is 1. The van der Waals surface area contributed by atoms with Crippen molar-refractivity contribution in [3.8, 4) is 0 Å². The van der Waals surface area contributed by atoms with Gasteiger partial charge in [-0.1, -0.05) is 12.1 Å². The lowest BCUT2D eigenvalue weighted by Gasteiger charge is -2.18. The van der Waals surface area contributed by atoms with E-state index in [0.717, 1.165) is 11.3 Å². The molecule has 0 aliphatic carbocycles. The number of rotatable bonds is 2. The van der Waals surface area contributed by atoms with Crippen molar-refractivity contribution in [3.05, 3.63) is 53.9 Å². The Kier molecular flexibility index (Phi) is 3.28. The second kappa shape index (κ2) is 4.87. The summed E-state index contributed by atoms with van der Waals surface area (Å²) in [7, 11) is 1.73. The predicted molar refractivity (Wildman–Crippen MR) is 72.6 cm³/mol. The van der Waals surface area contributed by atoms with Crippen LogP contribution < -0.4 is 10.6 Å². The molecule has 1 aromatic carbocycles. The van der Waals surface area contributed by atoms with Crippen molar-refractivity contribution < 1.29 is 4.79 Å². The standard InChI is InChI=1S/C14H15N3O/c1-10-4-3-5-11(8-10)17(2)14(18)12-9-16-7-6-13(12)15/h3-9H,1-2H3,(H2,15,16). The minimum Gasteiger partial charge on any atom is -0.398 e. The number of aryl methyl sites for hydroxylation is 1. The molecule has 4 heteroatoms. The third-order valence-corrected chi connectivity index (χ3v) is 2.78. The van der Waals surface area contributed by atoms with Crippen LogP contribution in [-0.4, -0.2) is 17.9 Å². The van der Waals surface area contributed by atoms with Gasteiger partial charge in [0.1, 0.15) is 0 Å². The van der Waals surface area contributed by atoms with Crippen LogP contribution in [0.2, 0.25) is 0 Å². The Hall–Kier alpha value is -2.36. The van der Waals surface area contributed by atoms with E-state index in [1.165, 1.54) is 6.20 Å². The van der Waals surface area contributed by atoms with E-state index in [4.69, 9.17) is 5.73 Å².